The molecule has 3 aromatic rings. The number of benzene rings is 3. The van der Waals surface area contributed by atoms with Crippen LogP contribution < -0.4 is 14.5 Å². The van der Waals surface area contributed by atoms with Crippen LogP contribution in [0.5, 0.6) is 5.75 Å². The first-order valence-corrected chi connectivity index (χ1v) is 13.8. The molecule has 1 heterocycles. The Balaban J connectivity index is 1.29. The van der Waals surface area contributed by atoms with Gasteiger partial charge in [-0.1, -0.05) is 54.6 Å². The second-order valence-corrected chi connectivity index (χ2v) is 11.4. The van der Waals surface area contributed by atoms with Crippen LogP contribution in [0.25, 0.3) is 10.8 Å². The van der Waals surface area contributed by atoms with Gasteiger partial charge in [0.15, 0.2) is 0 Å². The molecule has 3 aliphatic rings. The molecule has 4 atom stereocenters. The van der Waals surface area contributed by atoms with E-state index in [9.17, 15) is 9.59 Å². The van der Waals surface area contributed by atoms with Crippen LogP contribution in [-0.2, 0) is 16.2 Å². The van der Waals surface area contributed by atoms with Crippen molar-refractivity contribution in [3.63, 3.8) is 0 Å². The maximum Gasteiger partial charge on any atom is 0.227 e. The summed E-state index contributed by atoms with van der Waals surface area (Å²) in [7, 11) is 0. The number of hydrogen-bond acceptors (Lipinski definition) is 4. The van der Waals surface area contributed by atoms with Crippen molar-refractivity contribution in [3.05, 3.63) is 71.8 Å². The number of carbonyl (C=O) groups is 2. The minimum Gasteiger partial charge on any atom is -0.488 e. The Morgan fingerprint density at radius 3 is 2.51 bits per heavy atom. The molecule has 3 aromatic carbocycles. The van der Waals surface area contributed by atoms with Gasteiger partial charge in [-0.3, -0.25) is 9.59 Å². The molecule has 1 amide bonds. The zero-order valence-electron chi connectivity index (χ0n) is 20.6. The third-order valence-corrected chi connectivity index (χ3v) is 9.53. The zero-order valence-corrected chi connectivity index (χ0v) is 22.1. The molecule has 1 aliphatic heterocycles. The Bertz CT molecular complexity index is 1350. The largest absolute Gasteiger partial charge is 0.488 e. The Kier molecular flexibility index (Phi) is 6.64. The summed E-state index contributed by atoms with van der Waals surface area (Å²) >= 11 is 12.2. The molecule has 1 N–H and O–H groups in total. The predicted octanol–water partition coefficient (Wildman–Crippen LogP) is 6.90. The molecule has 5 nitrogen and oxygen atoms in total. The summed E-state index contributed by atoms with van der Waals surface area (Å²) < 4.78 is 6.32. The van der Waals surface area contributed by atoms with Gasteiger partial charge in [0.2, 0.25) is 11.1 Å². The van der Waals surface area contributed by atoms with Crippen LogP contribution in [-0.4, -0.2) is 17.7 Å². The molecule has 0 spiro atoms. The number of rotatable bonds is 7. The zero-order chi connectivity index (χ0) is 25.6. The number of halogens is 2. The third kappa shape index (κ3) is 4.41. The summed E-state index contributed by atoms with van der Waals surface area (Å²) in [6, 6.07) is 20.0. The molecule has 2 fully saturated rings. The number of ether oxygens (including phenoxy) is 1. The van der Waals surface area contributed by atoms with Crippen LogP contribution in [0.2, 0.25) is 0 Å². The molecule has 37 heavy (non-hydrogen) atoms. The molecule has 2 bridgehead atoms. The topological polar surface area (TPSA) is 58.6 Å². The van der Waals surface area contributed by atoms with E-state index in [0.29, 0.717) is 25.5 Å². The number of nitrogens with one attached hydrogen (secondary N) is 1. The summed E-state index contributed by atoms with van der Waals surface area (Å²) in [5.74, 6) is 1.51. The molecule has 192 valence electrons. The van der Waals surface area contributed by atoms with Crippen LogP contribution >= 0.6 is 23.4 Å². The fourth-order valence-electron chi connectivity index (χ4n) is 6.87. The highest BCUT2D eigenvalue weighted by Gasteiger charge is 2.50. The SMILES string of the molecule is O=C(CC1CCC2(C(=O)Cl)CCC1C2)N1C[C@@H](NCl)c2c1cc(OCc1ccccc1)c1ccccc21. The van der Waals surface area contributed by atoms with Gasteiger partial charge in [-0.15, -0.1) is 0 Å². The highest BCUT2D eigenvalue weighted by molar-refractivity contribution is 6.64. The number of fused-ring (bicyclic) bond motifs is 5. The van der Waals surface area contributed by atoms with E-state index in [0.717, 1.165) is 65.4 Å². The maximum absolute atomic E-state index is 13.8. The first-order valence-electron chi connectivity index (χ1n) is 13.1. The molecule has 2 aliphatic carbocycles. The number of nitrogens with zero attached hydrogens (tertiary/aromatic N) is 1. The van der Waals surface area contributed by atoms with Crippen molar-refractivity contribution in [3.8, 4) is 5.75 Å². The normalized spacial score (nSPS) is 26.3. The van der Waals surface area contributed by atoms with Gasteiger partial charge in [0.1, 0.15) is 12.4 Å². The van der Waals surface area contributed by atoms with Gasteiger partial charge in [0.25, 0.3) is 0 Å². The maximum atomic E-state index is 13.8. The van der Waals surface area contributed by atoms with E-state index in [-0.39, 0.29) is 28.5 Å². The number of hydrogen-bond donors (Lipinski definition) is 1. The minimum absolute atomic E-state index is 0.0987. The number of carbonyl (C=O) groups excluding carboxylic acids is 2. The summed E-state index contributed by atoms with van der Waals surface area (Å²) in [5.41, 5.74) is 2.61. The van der Waals surface area contributed by atoms with Crippen molar-refractivity contribution < 1.29 is 14.3 Å². The summed E-state index contributed by atoms with van der Waals surface area (Å²) in [5, 5.41) is 1.85. The molecule has 2 saturated carbocycles. The van der Waals surface area contributed by atoms with Gasteiger partial charge in [0.05, 0.1) is 11.7 Å². The Morgan fingerprint density at radius 1 is 1.03 bits per heavy atom. The van der Waals surface area contributed by atoms with Crippen LogP contribution in [0.1, 0.15) is 55.7 Å². The second kappa shape index (κ2) is 9.94. The fraction of sp³-hybridized carbons (Fsp3) is 0.400. The number of amides is 1. The predicted molar refractivity (Wildman–Crippen MR) is 147 cm³/mol. The van der Waals surface area contributed by atoms with Gasteiger partial charge >= 0.3 is 0 Å². The first kappa shape index (κ1) is 24.7. The van der Waals surface area contributed by atoms with E-state index in [1.807, 2.05) is 53.4 Å². The van der Waals surface area contributed by atoms with Crippen LogP contribution in [0.15, 0.2) is 60.7 Å². The van der Waals surface area contributed by atoms with Crippen molar-refractivity contribution in [2.45, 2.75) is 51.2 Å². The number of anilines is 1. The summed E-state index contributed by atoms with van der Waals surface area (Å²) in [4.78, 5) is 30.6. The molecule has 0 saturated heterocycles. The molecule has 0 aromatic heterocycles. The highest BCUT2D eigenvalue weighted by Crippen LogP contribution is 2.56. The van der Waals surface area contributed by atoms with Crippen LogP contribution in [0.3, 0.4) is 0 Å². The lowest BCUT2D eigenvalue weighted by atomic mass is 9.71. The smallest absolute Gasteiger partial charge is 0.227 e. The Morgan fingerprint density at radius 2 is 1.76 bits per heavy atom. The average Bonchev–Trinajstić information content (AvgIpc) is 3.49. The van der Waals surface area contributed by atoms with Crippen molar-refractivity contribution in [1.82, 2.24) is 4.84 Å². The summed E-state index contributed by atoms with van der Waals surface area (Å²) in [6.07, 6.45) is 4.77. The van der Waals surface area contributed by atoms with E-state index in [1.165, 1.54) is 0 Å². The monoisotopic (exact) mass is 536 g/mol. The second-order valence-electron chi connectivity index (χ2n) is 10.9. The van der Waals surface area contributed by atoms with Gasteiger partial charge in [0, 0.05) is 35.4 Å². The van der Waals surface area contributed by atoms with E-state index in [2.05, 4.69) is 17.0 Å². The van der Waals surface area contributed by atoms with Crippen molar-refractivity contribution in [1.29, 1.82) is 0 Å². The van der Waals surface area contributed by atoms with Gasteiger partial charge < -0.3 is 9.64 Å². The quantitative estimate of drug-likeness (QED) is 0.263. The van der Waals surface area contributed by atoms with E-state index in [4.69, 9.17) is 28.1 Å². The fourth-order valence-corrected chi connectivity index (χ4v) is 7.31. The highest BCUT2D eigenvalue weighted by atomic mass is 35.5. The van der Waals surface area contributed by atoms with Gasteiger partial charge in [-0.2, -0.15) is 0 Å². The van der Waals surface area contributed by atoms with Gasteiger partial charge in [-0.05, 0) is 78.3 Å². The summed E-state index contributed by atoms with van der Waals surface area (Å²) in [6.45, 7) is 0.921. The van der Waals surface area contributed by atoms with Crippen molar-refractivity contribution in [2.24, 2.45) is 17.3 Å². The molecular weight excluding hydrogens is 507 g/mol. The Labute approximate surface area is 227 Å². The van der Waals surface area contributed by atoms with E-state index in [1.54, 1.807) is 0 Å². The standard InChI is InChI=1S/C30H30Cl2N2O3/c31-29(36)30-12-10-20(21(16-30)11-13-30)14-27(35)34-17-24(33-32)28-23-9-5-4-8-22(23)26(15-25(28)34)37-18-19-6-2-1-3-7-19/h1-9,15,20-21,24,33H,10-14,16-18H2/t20?,21?,24-,30?/m1/s1. The van der Waals surface area contributed by atoms with E-state index >= 15 is 0 Å². The lowest BCUT2D eigenvalue weighted by Gasteiger charge is -2.35. The van der Waals surface area contributed by atoms with Gasteiger partial charge in [-0.25, -0.2) is 4.84 Å². The van der Waals surface area contributed by atoms with E-state index < -0.39 is 0 Å². The molecule has 7 heteroatoms. The first-order chi connectivity index (χ1) is 18.0. The van der Waals surface area contributed by atoms with Crippen molar-refractivity contribution in [2.75, 3.05) is 11.4 Å². The lowest BCUT2D eigenvalue weighted by molar-refractivity contribution is -0.122. The Hall–Kier alpha value is -2.60. The molecule has 6 rings (SSSR count). The van der Waals surface area contributed by atoms with Crippen molar-refractivity contribution >= 4 is 51.0 Å². The molecule has 0 radical (unpaired) electrons. The lowest BCUT2D eigenvalue weighted by Crippen LogP contribution is -2.36. The third-order valence-electron chi connectivity index (χ3n) is 8.86. The molecule has 3 unspecified atom stereocenters. The minimum atomic E-state index is -0.358. The van der Waals surface area contributed by atoms with Crippen LogP contribution in [0, 0.1) is 17.3 Å². The van der Waals surface area contributed by atoms with Crippen LogP contribution in [0.4, 0.5) is 5.69 Å². The molecular formula is C30H30Cl2N2O3. The average molecular weight is 537 g/mol.